The van der Waals surface area contributed by atoms with Crippen molar-refractivity contribution in [3.63, 3.8) is 0 Å². The summed E-state index contributed by atoms with van der Waals surface area (Å²) in [6.45, 7) is 0.536. The summed E-state index contributed by atoms with van der Waals surface area (Å²) < 4.78 is 6.48. The van der Waals surface area contributed by atoms with Crippen LogP contribution in [0.3, 0.4) is 0 Å². The number of benzene rings is 2. The molecule has 8 nitrogen and oxygen atoms in total. The Balaban J connectivity index is 1.57. The maximum absolute atomic E-state index is 13.1. The number of rotatable bonds is 3. The molecular weight excluding hydrogens is 396 g/mol. The monoisotopic (exact) mass is 410 g/mol. The first-order valence-electron chi connectivity index (χ1n) is 8.99. The van der Waals surface area contributed by atoms with Crippen molar-refractivity contribution in [2.24, 2.45) is 0 Å². The summed E-state index contributed by atoms with van der Waals surface area (Å²) in [5, 5.41) is 18.1. The van der Waals surface area contributed by atoms with Gasteiger partial charge in [0.25, 0.3) is 5.91 Å². The Morgan fingerprint density at radius 1 is 1.31 bits per heavy atom. The minimum atomic E-state index is -0.703. The van der Waals surface area contributed by atoms with Gasteiger partial charge in [-0.25, -0.2) is 4.79 Å². The molecule has 0 fully saturated rings. The van der Waals surface area contributed by atoms with Crippen molar-refractivity contribution in [2.75, 3.05) is 5.32 Å². The van der Waals surface area contributed by atoms with Gasteiger partial charge in [0.2, 0.25) is 0 Å². The van der Waals surface area contributed by atoms with E-state index in [-0.39, 0.29) is 11.7 Å². The summed E-state index contributed by atoms with van der Waals surface area (Å²) in [7, 11) is 0. The Bertz CT molecular complexity index is 1320. The van der Waals surface area contributed by atoms with Crippen molar-refractivity contribution in [3.05, 3.63) is 69.3 Å². The van der Waals surface area contributed by atoms with Crippen LogP contribution in [0.2, 0.25) is 5.02 Å². The van der Waals surface area contributed by atoms with Crippen molar-refractivity contribution in [3.8, 4) is 11.4 Å². The van der Waals surface area contributed by atoms with Gasteiger partial charge in [-0.15, -0.1) is 0 Å². The molecule has 29 heavy (non-hydrogen) atoms. The number of hydrogen-bond donors (Lipinski definition) is 3. The van der Waals surface area contributed by atoms with Crippen LogP contribution in [0.15, 0.2) is 51.8 Å². The highest BCUT2D eigenvalue weighted by molar-refractivity contribution is 6.31. The summed E-state index contributed by atoms with van der Waals surface area (Å²) in [6, 6.07) is 12.3. The number of carbonyl (C=O) groups excluding carboxylic acids is 1. The maximum Gasteiger partial charge on any atom is 0.439 e. The predicted octanol–water partition coefficient (Wildman–Crippen LogP) is 3.33. The van der Waals surface area contributed by atoms with Crippen molar-refractivity contribution in [1.82, 2.24) is 14.7 Å². The number of anilines is 1. The number of nitrogens with zero attached hydrogens (tertiary/aromatic N) is 2. The molecule has 1 atom stereocenters. The third-order valence-corrected chi connectivity index (χ3v) is 5.33. The second-order valence-electron chi connectivity index (χ2n) is 6.86. The highest BCUT2D eigenvalue weighted by Crippen LogP contribution is 2.35. The largest absolute Gasteiger partial charge is 0.439 e. The average molecular weight is 411 g/mol. The molecule has 1 aliphatic rings. The van der Waals surface area contributed by atoms with E-state index >= 15 is 0 Å². The fraction of sp³-hybridized carbons (Fsp3) is 0.150. The van der Waals surface area contributed by atoms with Gasteiger partial charge < -0.3 is 15.0 Å². The molecule has 1 unspecified atom stereocenters. The lowest BCUT2D eigenvalue weighted by Gasteiger charge is -2.22. The number of amides is 1. The van der Waals surface area contributed by atoms with Gasteiger partial charge in [0.05, 0.1) is 17.3 Å². The molecule has 1 aliphatic heterocycles. The number of hydrogen-bond acceptors (Lipinski definition) is 5. The van der Waals surface area contributed by atoms with Crippen molar-refractivity contribution < 1.29 is 14.4 Å². The van der Waals surface area contributed by atoms with Gasteiger partial charge in [-0.2, -0.15) is 0 Å². The number of aliphatic hydroxyl groups excluding tert-OH is 1. The molecule has 0 radical (unpaired) electrons. The lowest BCUT2D eigenvalue weighted by molar-refractivity contribution is 0.101. The normalized spacial score (nSPS) is 15.6. The van der Waals surface area contributed by atoms with Crippen LogP contribution >= 0.6 is 11.6 Å². The molecular formula is C20H15ClN4O4. The van der Waals surface area contributed by atoms with E-state index in [2.05, 4.69) is 20.0 Å². The van der Waals surface area contributed by atoms with Crippen LogP contribution in [0.4, 0.5) is 5.69 Å². The number of para-hydroxylation sites is 1. The first-order valence-corrected chi connectivity index (χ1v) is 9.36. The van der Waals surface area contributed by atoms with E-state index in [1.807, 2.05) is 22.8 Å². The van der Waals surface area contributed by atoms with Crippen LogP contribution < -0.4 is 11.1 Å². The summed E-state index contributed by atoms with van der Waals surface area (Å²) in [5.74, 6) is -0.858. The SMILES string of the molecule is O=C(Nc1ccc(Cl)cc1-c1noc(=O)[nH]1)c1cc2cccc3c2n1CCC3O. The predicted molar refractivity (Wildman–Crippen MR) is 107 cm³/mol. The smallest absolute Gasteiger partial charge is 0.388 e. The van der Waals surface area contributed by atoms with Crippen LogP contribution in [0.25, 0.3) is 22.3 Å². The van der Waals surface area contributed by atoms with Gasteiger partial charge >= 0.3 is 5.76 Å². The Kier molecular flexibility index (Phi) is 4.04. The highest BCUT2D eigenvalue weighted by atomic mass is 35.5. The molecule has 9 heteroatoms. The van der Waals surface area contributed by atoms with Crippen LogP contribution in [0.5, 0.6) is 0 Å². The minimum Gasteiger partial charge on any atom is -0.388 e. The molecule has 0 saturated heterocycles. The zero-order valence-corrected chi connectivity index (χ0v) is 15.7. The number of halogens is 1. The van der Waals surface area contributed by atoms with Crippen molar-refractivity contribution in [2.45, 2.75) is 19.1 Å². The first-order chi connectivity index (χ1) is 14.0. The number of aromatic amines is 1. The van der Waals surface area contributed by atoms with E-state index in [1.165, 1.54) is 0 Å². The van der Waals surface area contributed by atoms with E-state index < -0.39 is 11.9 Å². The number of nitrogens with one attached hydrogen (secondary N) is 2. The van der Waals surface area contributed by atoms with Gasteiger partial charge in [0.1, 0.15) is 5.69 Å². The quantitative estimate of drug-likeness (QED) is 0.479. The molecule has 0 spiro atoms. The summed E-state index contributed by atoms with van der Waals surface area (Å²) >= 11 is 6.08. The summed E-state index contributed by atoms with van der Waals surface area (Å²) in [5.41, 5.74) is 3.03. The zero-order valence-electron chi connectivity index (χ0n) is 15.0. The van der Waals surface area contributed by atoms with Gasteiger partial charge in [0.15, 0.2) is 5.82 Å². The number of carbonyl (C=O) groups is 1. The molecule has 146 valence electrons. The van der Waals surface area contributed by atoms with E-state index in [4.69, 9.17) is 11.6 Å². The number of aliphatic hydroxyl groups is 1. The second kappa shape index (κ2) is 6.61. The molecule has 3 heterocycles. The van der Waals surface area contributed by atoms with Crippen LogP contribution in [0, 0.1) is 0 Å². The second-order valence-corrected chi connectivity index (χ2v) is 7.29. The van der Waals surface area contributed by atoms with E-state index in [1.54, 1.807) is 24.3 Å². The Labute approximate surface area is 168 Å². The van der Waals surface area contributed by atoms with Gasteiger partial charge in [0, 0.05) is 28.1 Å². The third kappa shape index (κ3) is 2.93. The first kappa shape index (κ1) is 17.7. The van der Waals surface area contributed by atoms with Crippen LogP contribution in [0.1, 0.15) is 28.6 Å². The Hall–Kier alpha value is -3.36. The maximum atomic E-state index is 13.1. The molecule has 1 amide bonds. The Morgan fingerprint density at radius 2 is 2.17 bits per heavy atom. The minimum absolute atomic E-state index is 0.167. The Morgan fingerprint density at radius 3 is 2.97 bits per heavy atom. The molecule has 2 aromatic heterocycles. The number of aromatic nitrogens is 3. The highest BCUT2D eigenvalue weighted by Gasteiger charge is 2.25. The van der Waals surface area contributed by atoms with Crippen molar-refractivity contribution >= 4 is 34.1 Å². The zero-order chi connectivity index (χ0) is 20.1. The molecule has 3 N–H and O–H groups in total. The lowest BCUT2D eigenvalue weighted by atomic mass is 10.0. The average Bonchev–Trinajstić information content (AvgIpc) is 3.31. The third-order valence-electron chi connectivity index (χ3n) is 5.09. The van der Waals surface area contributed by atoms with E-state index in [9.17, 15) is 14.7 Å². The number of H-pyrrole nitrogens is 1. The molecule has 4 aromatic rings. The number of aryl methyl sites for hydroxylation is 1. The van der Waals surface area contributed by atoms with Crippen LogP contribution in [-0.2, 0) is 6.54 Å². The molecule has 2 aromatic carbocycles. The molecule has 5 rings (SSSR count). The summed E-state index contributed by atoms with van der Waals surface area (Å²) in [6.07, 6.45) is -0.00292. The molecule has 0 saturated carbocycles. The summed E-state index contributed by atoms with van der Waals surface area (Å²) in [4.78, 5) is 26.9. The standard InChI is InChI=1S/C20H15ClN4O4/c21-11-4-5-14(13(9-11)18-23-20(28)29-24-18)22-19(27)15-8-10-2-1-3-12-16(26)6-7-25(15)17(10)12/h1-5,8-9,16,26H,6-7H2,(H,22,27)(H,23,24,28). The van der Waals surface area contributed by atoms with Crippen molar-refractivity contribution in [1.29, 1.82) is 0 Å². The molecule has 0 bridgehead atoms. The van der Waals surface area contributed by atoms with Gasteiger partial charge in [-0.1, -0.05) is 35.0 Å². The topological polar surface area (TPSA) is 113 Å². The fourth-order valence-electron chi connectivity index (χ4n) is 3.80. The van der Waals surface area contributed by atoms with Crippen LogP contribution in [-0.4, -0.2) is 25.7 Å². The van der Waals surface area contributed by atoms with Gasteiger partial charge in [-0.3, -0.25) is 14.3 Å². The lowest BCUT2D eigenvalue weighted by Crippen LogP contribution is -2.21. The molecule has 0 aliphatic carbocycles. The van der Waals surface area contributed by atoms with Gasteiger partial charge in [-0.05, 0) is 30.7 Å². The fourth-order valence-corrected chi connectivity index (χ4v) is 3.98. The van der Waals surface area contributed by atoms with E-state index in [0.29, 0.717) is 34.9 Å². The van der Waals surface area contributed by atoms with E-state index in [0.717, 1.165) is 16.5 Å².